The predicted octanol–water partition coefficient (Wildman–Crippen LogP) is 3.19. The molecule has 1 aromatic carbocycles. The third kappa shape index (κ3) is 5.71. The Morgan fingerprint density at radius 3 is 2.83 bits per heavy atom. The lowest BCUT2D eigenvalue weighted by Gasteiger charge is -2.21. The summed E-state index contributed by atoms with van der Waals surface area (Å²) in [5.74, 6) is 0.710. The van der Waals surface area contributed by atoms with E-state index in [2.05, 4.69) is 15.3 Å². The van der Waals surface area contributed by atoms with Crippen molar-refractivity contribution in [2.75, 3.05) is 14.1 Å². The van der Waals surface area contributed by atoms with Crippen LogP contribution < -0.4 is 5.32 Å². The van der Waals surface area contributed by atoms with Crippen LogP contribution in [0.25, 0.3) is 0 Å². The quantitative estimate of drug-likeness (QED) is 0.243. The van der Waals surface area contributed by atoms with Crippen molar-refractivity contribution >= 4 is 47.0 Å². The summed E-state index contributed by atoms with van der Waals surface area (Å²) < 4.78 is 0. The van der Waals surface area contributed by atoms with Gasteiger partial charge in [-0.2, -0.15) is 0 Å². The molecule has 2 rings (SSSR count). The molecule has 0 aliphatic carbocycles. The van der Waals surface area contributed by atoms with E-state index >= 15 is 0 Å². The van der Waals surface area contributed by atoms with Gasteiger partial charge in [0.15, 0.2) is 5.96 Å². The predicted molar refractivity (Wildman–Crippen MR) is 107 cm³/mol. The summed E-state index contributed by atoms with van der Waals surface area (Å²) >= 11 is 1.62. The van der Waals surface area contributed by atoms with Crippen molar-refractivity contribution in [2.24, 2.45) is 4.99 Å². The average molecular weight is 461 g/mol. The molecule has 0 saturated carbocycles. The van der Waals surface area contributed by atoms with Gasteiger partial charge in [0.05, 0.1) is 22.2 Å². The average Bonchev–Trinajstić information content (AvgIpc) is 2.93. The zero-order chi connectivity index (χ0) is 16.8. The zero-order valence-corrected chi connectivity index (χ0v) is 16.9. The highest BCUT2D eigenvalue weighted by atomic mass is 127. The second-order valence-corrected chi connectivity index (χ2v) is 6.10. The first-order chi connectivity index (χ1) is 11.0. The lowest BCUT2D eigenvalue weighted by Crippen LogP contribution is -2.38. The van der Waals surface area contributed by atoms with E-state index in [9.17, 15) is 10.1 Å². The van der Waals surface area contributed by atoms with Crippen LogP contribution in [0.1, 0.15) is 16.3 Å². The van der Waals surface area contributed by atoms with Crippen molar-refractivity contribution in [3.8, 4) is 0 Å². The largest absolute Gasteiger partial charge is 0.352 e. The molecule has 1 N–H and O–H groups in total. The molecule has 24 heavy (non-hydrogen) atoms. The Balaban J connectivity index is 0.00000288. The Kier molecular flexibility index (Phi) is 8.05. The molecule has 0 radical (unpaired) electrons. The number of guanidine groups is 1. The van der Waals surface area contributed by atoms with Crippen LogP contribution in [0.4, 0.5) is 5.69 Å². The molecular formula is C15H20IN5O2S. The van der Waals surface area contributed by atoms with Gasteiger partial charge >= 0.3 is 0 Å². The molecule has 0 amide bonds. The number of nitrogens with one attached hydrogen (secondary N) is 1. The van der Waals surface area contributed by atoms with Crippen molar-refractivity contribution in [1.82, 2.24) is 15.2 Å². The van der Waals surface area contributed by atoms with E-state index in [-0.39, 0.29) is 29.7 Å². The Morgan fingerprint density at radius 1 is 1.50 bits per heavy atom. The van der Waals surface area contributed by atoms with Gasteiger partial charge in [-0.25, -0.2) is 4.98 Å². The molecule has 0 unspecified atom stereocenters. The number of nitro benzene ring substituents is 1. The van der Waals surface area contributed by atoms with Gasteiger partial charge in [0.1, 0.15) is 0 Å². The number of benzene rings is 1. The van der Waals surface area contributed by atoms with Crippen LogP contribution in [0.3, 0.4) is 0 Å². The molecule has 0 spiro atoms. The third-order valence-corrected chi connectivity index (χ3v) is 4.03. The van der Waals surface area contributed by atoms with Crippen molar-refractivity contribution < 1.29 is 4.92 Å². The van der Waals surface area contributed by atoms with E-state index in [4.69, 9.17) is 0 Å². The number of aromatic nitrogens is 1. The Hall–Kier alpha value is -1.75. The van der Waals surface area contributed by atoms with Gasteiger partial charge in [0.25, 0.3) is 5.69 Å². The maximum atomic E-state index is 10.8. The maximum Gasteiger partial charge on any atom is 0.269 e. The van der Waals surface area contributed by atoms with Gasteiger partial charge in [-0.3, -0.25) is 15.1 Å². The van der Waals surface area contributed by atoms with E-state index in [1.54, 1.807) is 30.5 Å². The Labute approximate surface area is 162 Å². The van der Waals surface area contributed by atoms with E-state index in [1.807, 2.05) is 30.3 Å². The summed E-state index contributed by atoms with van der Waals surface area (Å²) in [6.45, 7) is 3.09. The van der Waals surface area contributed by atoms with Gasteiger partial charge in [0.2, 0.25) is 0 Å². The van der Waals surface area contributed by atoms with Gasteiger partial charge in [0, 0.05) is 38.2 Å². The zero-order valence-electron chi connectivity index (χ0n) is 13.7. The maximum absolute atomic E-state index is 10.8. The van der Waals surface area contributed by atoms with Crippen LogP contribution in [0.5, 0.6) is 0 Å². The summed E-state index contributed by atoms with van der Waals surface area (Å²) in [7, 11) is 3.63. The van der Waals surface area contributed by atoms with Crippen LogP contribution >= 0.6 is 35.3 Å². The molecule has 2 aromatic rings. The Morgan fingerprint density at radius 2 is 2.25 bits per heavy atom. The number of nitrogens with zero attached hydrogens (tertiary/aromatic N) is 4. The molecule has 130 valence electrons. The number of rotatable bonds is 5. The van der Waals surface area contributed by atoms with E-state index in [1.165, 1.54) is 6.07 Å². The summed E-state index contributed by atoms with van der Waals surface area (Å²) in [5.41, 5.74) is 1.91. The summed E-state index contributed by atoms with van der Waals surface area (Å²) in [6, 6.07) is 6.57. The van der Waals surface area contributed by atoms with Gasteiger partial charge < -0.3 is 10.2 Å². The minimum absolute atomic E-state index is 0. The van der Waals surface area contributed by atoms with Crippen molar-refractivity contribution in [3.63, 3.8) is 0 Å². The monoisotopic (exact) mass is 461 g/mol. The SMILES string of the molecule is CN=C(NCc1cccc([N+](=O)[O-])c1)N(C)Cc1csc(C)n1.I. The molecule has 1 heterocycles. The molecule has 0 saturated heterocycles. The van der Waals surface area contributed by atoms with Crippen LogP contribution in [-0.4, -0.2) is 34.9 Å². The fourth-order valence-electron chi connectivity index (χ4n) is 2.14. The number of aliphatic imine (C=N–C) groups is 1. The number of thiazole rings is 1. The van der Waals surface area contributed by atoms with Crippen molar-refractivity contribution in [1.29, 1.82) is 0 Å². The van der Waals surface area contributed by atoms with Crippen LogP contribution in [0.2, 0.25) is 0 Å². The summed E-state index contributed by atoms with van der Waals surface area (Å²) in [5, 5.41) is 17.1. The number of nitro groups is 1. The lowest BCUT2D eigenvalue weighted by molar-refractivity contribution is -0.384. The first-order valence-corrected chi connectivity index (χ1v) is 7.93. The normalized spacial score (nSPS) is 10.9. The van der Waals surface area contributed by atoms with Crippen molar-refractivity contribution in [2.45, 2.75) is 20.0 Å². The number of non-ortho nitro benzene ring substituents is 1. The van der Waals surface area contributed by atoms with E-state index in [0.717, 1.165) is 16.3 Å². The highest BCUT2D eigenvalue weighted by molar-refractivity contribution is 14.0. The third-order valence-electron chi connectivity index (χ3n) is 3.21. The van der Waals surface area contributed by atoms with E-state index < -0.39 is 4.92 Å². The van der Waals surface area contributed by atoms with Crippen LogP contribution in [0, 0.1) is 17.0 Å². The van der Waals surface area contributed by atoms with Crippen molar-refractivity contribution in [3.05, 3.63) is 56.0 Å². The highest BCUT2D eigenvalue weighted by Crippen LogP contribution is 2.13. The highest BCUT2D eigenvalue weighted by Gasteiger charge is 2.10. The minimum Gasteiger partial charge on any atom is -0.352 e. The number of hydrogen-bond acceptors (Lipinski definition) is 5. The number of aryl methyl sites for hydroxylation is 1. The fourth-order valence-corrected chi connectivity index (χ4v) is 2.75. The second-order valence-electron chi connectivity index (χ2n) is 5.04. The number of hydrogen-bond donors (Lipinski definition) is 1. The standard InChI is InChI=1S/C15H19N5O2S.HI/c1-11-18-13(10-23-11)9-19(3)15(16-2)17-8-12-5-4-6-14(7-12)20(21)22;/h4-7,10H,8-9H2,1-3H3,(H,16,17);1H. The van der Waals surface area contributed by atoms with Gasteiger partial charge in [-0.15, -0.1) is 35.3 Å². The molecule has 7 nitrogen and oxygen atoms in total. The second kappa shape index (κ2) is 9.52. The molecular weight excluding hydrogens is 441 g/mol. The van der Waals surface area contributed by atoms with Crippen LogP contribution in [-0.2, 0) is 13.1 Å². The topological polar surface area (TPSA) is 83.7 Å². The molecule has 9 heteroatoms. The van der Waals surface area contributed by atoms with Gasteiger partial charge in [-0.05, 0) is 12.5 Å². The van der Waals surface area contributed by atoms with E-state index in [0.29, 0.717) is 19.0 Å². The Bertz CT molecular complexity index is 719. The van der Waals surface area contributed by atoms with Crippen LogP contribution in [0.15, 0.2) is 34.6 Å². The van der Waals surface area contributed by atoms with Gasteiger partial charge in [-0.1, -0.05) is 12.1 Å². The number of halogens is 1. The molecule has 0 fully saturated rings. The molecule has 0 atom stereocenters. The lowest BCUT2D eigenvalue weighted by atomic mass is 10.2. The smallest absolute Gasteiger partial charge is 0.269 e. The molecule has 1 aromatic heterocycles. The molecule has 0 bridgehead atoms. The first kappa shape index (κ1) is 20.3. The molecule has 0 aliphatic heterocycles. The minimum atomic E-state index is -0.394. The first-order valence-electron chi connectivity index (χ1n) is 7.05. The fraction of sp³-hybridized carbons (Fsp3) is 0.333. The molecule has 0 aliphatic rings. The summed E-state index contributed by atoms with van der Waals surface area (Å²) in [4.78, 5) is 21.1. The summed E-state index contributed by atoms with van der Waals surface area (Å²) in [6.07, 6.45) is 0.